The predicted octanol–water partition coefficient (Wildman–Crippen LogP) is 0.426. The largest absolute Gasteiger partial charge is 0.480 e. The number of benzene rings is 1. The number of amides is 4. The second-order valence-electron chi connectivity index (χ2n) is 6.78. The Morgan fingerprint density at radius 1 is 1.04 bits per heavy atom. The highest BCUT2D eigenvalue weighted by Crippen LogP contribution is 2.48. The topological polar surface area (TPSA) is 121 Å². The third-order valence-corrected chi connectivity index (χ3v) is 4.99. The van der Waals surface area contributed by atoms with Gasteiger partial charge in [0.2, 0.25) is 0 Å². The van der Waals surface area contributed by atoms with Crippen molar-refractivity contribution in [2.45, 2.75) is 24.9 Å². The van der Waals surface area contributed by atoms with Crippen molar-refractivity contribution in [2.75, 3.05) is 14.1 Å². The molecule has 1 aromatic rings. The van der Waals surface area contributed by atoms with Crippen LogP contribution in [0.25, 0.3) is 0 Å². The van der Waals surface area contributed by atoms with Gasteiger partial charge in [-0.1, -0.05) is 30.3 Å². The van der Waals surface area contributed by atoms with Crippen molar-refractivity contribution in [3.8, 4) is 0 Å². The van der Waals surface area contributed by atoms with E-state index < -0.39 is 40.8 Å². The molecule has 1 saturated carbocycles. The van der Waals surface area contributed by atoms with Crippen LogP contribution >= 0.6 is 0 Å². The molecule has 27 heavy (non-hydrogen) atoms. The molecule has 9 heteroatoms. The molecule has 1 aliphatic carbocycles. The summed E-state index contributed by atoms with van der Waals surface area (Å²) in [6.45, 7) is 0. The van der Waals surface area contributed by atoms with Crippen molar-refractivity contribution in [1.82, 2.24) is 9.80 Å². The number of likely N-dealkylation sites (N-methyl/N-ethyl adjacent to an activating group) is 2. The molecule has 2 fully saturated rings. The van der Waals surface area contributed by atoms with Gasteiger partial charge in [-0.3, -0.25) is 29.0 Å². The van der Waals surface area contributed by atoms with E-state index in [9.17, 15) is 29.1 Å². The van der Waals surface area contributed by atoms with Crippen LogP contribution in [0.1, 0.15) is 18.4 Å². The van der Waals surface area contributed by atoms with Crippen LogP contribution in [0.5, 0.6) is 0 Å². The van der Waals surface area contributed by atoms with Crippen molar-refractivity contribution >= 4 is 29.8 Å². The molecular weight excluding hydrogens is 356 g/mol. The van der Waals surface area contributed by atoms with Crippen LogP contribution < -0.4 is 0 Å². The molecule has 1 saturated heterocycles. The number of hydrogen-bond donors (Lipinski definition) is 1. The number of carbonyl (C=O) groups is 5. The summed E-state index contributed by atoms with van der Waals surface area (Å²) in [7, 11) is 2.34. The van der Waals surface area contributed by atoms with Gasteiger partial charge in [-0.05, 0) is 18.4 Å². The molecule has 9 nitrogen and oxygen atoms in total. The molecule has 1 aromatic carbocycles. The molecule has 142 valence electrons. The summed E-state index contributed by atoms with van der Waals surface area (Å²) >= 11 is 0. The molecule has 0 spiro atoms. The summed E-state index contributed by atoms with van der Waals surface area (Å²) in [5.74, 6) is -4.53. The number of carboxylic acid groups (broad SMARTS) is 1. The molecule has 0 radical (unpaired) electrons. The zero-order valence-electron chi connectivity index (χ0n) is 14.8. The van der Waals surface area contributed by atoms with Crippen LogP contribution in [0.3, 0.4) is 0 Å². The van der Waals surface area contributed by atoms with Gasteiger partial charge < -0.3 is 9.84 Å². The van der Waals surface area contributed by atoms with E-state index in [2.05, 4.69) is 0 Å². The molecule has 1 N–H and O–H groups in total. The highest BCUT2D eigenvalue weighted by atomic mass is 16.6. The second-order valence-corrected chi connectivity index (χ2v) is 6.78. The number of imide groups is 2. The molecule has 0 aromatic heterocycles. The predicted molar refractivity (Wildman–Crippen MR) is 89.2 cm³/mol. The lowest BCUT2D eigenvalue weighted by molar-refractivity contribution is -0.190. The number of ether oxygens (including phenoxy) is 1. The number of aliphatic carboxylic acids is 1. The van der Waals surface area contributed by atoms with E-state index in [1.54, 1.807) is 30.3 Å². The maximum Gasteiger partial charge on any atom is 0.333 e. The minimum Gasteiger partial charge on any atom is -0.480 e. The van der Waals surface area contributed by atoms with Crippen LogP contribution in [0.4, 0.5) is 4.79 Å². The maximum atomic E-state index is 12.9. The molecule has 3 rings (SSSR count). The first-order valence-corrected chi connectivity index (χ1v) is 8.27. The Morgan fingerprint density at radius 2 is 1.56 bits per heavy atom. The van der Waals surface area contributed by atoms with Gasteiger partial charge in [-0.15, -0.1) is 0 Å². The number of urea groups is 1. The van der Waals surface area contributed by atoms with Gasteiger partial charge in [-0.25, -0.2) is 4.79 Å². The van der Waals surface area contributed by atoms with E-state index in [1.165, 1.54) is 14.1 Å². The maximum absolute atomic E-state index is 12.9. The summed E-state index contributed by atoms with van der Waals surface area (Å²) < 4.78 is 5.33. The van der Waals surface area contributed by atoms with Crippen LogP contribution in [0.15, 0.2) is 30.3 Å². The van der Waals surface area contributed by atoms with Crippen molar-refractivity contribution in [3.05, 3.63) is 35.9 Å². The van der Waals surface area contributed by atoms with Gasteiger partial charge in [0.15, 0.2) is 5.41 Å². The fourth-order valence-electron chi connectivity index (χ4n) is 3.08. The lowest BCUT2D eigenvalue weighted by Gasteiger charge is -2.41. The monoisotopic (exact) mass is 374 g/mol. The first kappa shape index (κ1) is 18.6. The number of nitrogens with zero attached hydrogens (tertiary/aromatic N) is 2. The number of carboxylic acids is 1. The summed E-state index contributed by atoms with van der Waals surface area (Å²) in [6, 6.07) is 7.51. The third-order valence-electron chi connectivity index (χ3n) is 4.99. The number of carbonyl (C=O) groups excluding carboxylic acids is 4. The van der Waals surface area contributed by atoms with E-state index in [4.69, 9.17) is 4.74 Å². The second kappa shape index (κ2) is 6.19. The van der Waals surface area contributed by atoms with E-state index >= 15 is 0 Å². The Labute approximate surface area is 154 Å². The molecule has 2 aliphatic rings. The number of esters is 1. The highest BCUT2D eigenvalue weighted by Gasteiger charge is 2.65. The lowest BCUT2D eigenvalue weighted by Crippen LogP contribution is -2.69. The fraction of sp³-hybridized carbons (Fsp3) is 0.389. The standard InChI is InChI=1S/C18H18N2O7/c1-19-12(21)18(13(22)20(2)16(19)26,10-11-6-4-3-5-7-11)27-15(25)17(8-9-17)14(23)24/h3-7H,8-10H2,1-2H3,(H,23,24). The average molecular weight is 374 g/mol. The van der Waals surface area contributed by atoms with Crippen LogP contribution in [-0.4, -0.2) is 64.4 Å². The minimum atomic E-state index is -2.33. The molecule has 0 bridgehead atoms. The Kier molecular flexibility index (Phi) is 4.25. The zero-order chi connectivity index (χ0) is 20.0. The van der Waals surface area contributed by atoms with Gasteiger partial charge in [0.25, 0.3) is 17.4 Å². The average Bonchev–Trinajstić information content (AvgIpc) is 3.46. The van der Waals surface area contributed by atoms with Crippen LogP contribution in [0.2, 0.25) is 0 Å². The Morgan fingerprint density at radius 3 is 2.00 bits per heavy atom. The molecule has 0 unspecified atom stereocenters. The van der Waals surface area contributed by atoms with Gasteiger partial charge in [0.1, 0.15) is 0 Å². The zero-order valence-corrected chi connectivity index (χ0v) is 14.8. The number of barbiturate groups is 1. The molecule has 1 heterocycles. The lowest BCUT2D eigenvalue weighted by atomic mass is 9.89. The van der Waals surface area contributed by atoms with E-state index in [1.807, 2.05) is 0 Å². The van der Waals surface area contributed by atoms with Crippen molar-refractivity contribution in [3.63, 3.8) is 0 Å². The first-order valence-electron chi connectivity index (χ1n) is 8.27. The van der Waals surface area contributed by atoms with Gasteiger partial charge in [0, 0.05) is 20.5 Å². The molecule has 0 atom stereocenters. The molecule has 1 aliphatic heterocycles. The van der Waals surface area contributed by atoms with Gasteiger partial charge in [0.05, 0.1) is 0 Å². The first-order chi connectivity index (χ1) is 12.7. The number of hydrogen-bond acceptors (Lipinski definition) is 6. The van der Waals surface area contributed by atoms with E-state index in [0.717, 1.165) is 0 Å². The SMILES string of the molecule is CN1C(=O)N(C)C(=O)C(Cc2ccccc2)(OC(=O)C2(C(=O)O)CC2)C1=O. The van der Waals surface area contributed by atoms with E-state index in [0.29, 0.717) is 15.4 Å². The fourth-order valence-corrected chi connectivity index (χ4v) is 3.08. The van der Waals surface area contributed by atoms with Crippen molar-refractivity contribution < 1.29 is 33.8 Å². The number of rotatable bonds is 5. The molecule has 4 amide bonds. The third kappa shape index (κ3) is 2.75. The Bertz CT molecular complexity index is 821. The highest BCUT2D eigenvalue weighted by molar-refractivity contribution is 6.22. The summed E-state index contributed by atoms with van der Waals surface area (Å²) in [5, 5.41) is 9.31. The summed E-state index contributed by atoms with van der Waals surface area (Å²) in [5.41, 5.74) is -3.56. The normalized spacial score (nSPS) is 20.4. The smallest absolute Gasteiger partial charge is 0.333 e. The Hall–Kier alpha value is -3.23. The van der Waals surface area contributed by atoms with Crippen LogP contribution in [0, 0.1) is 5.41 Å². The van der Waals surface area contributed by atoms with E-state index in [-0.39, 0.29) is 19.3 Å². The minimum absolute atomic E-state index is 0.0651. The summed E-state index contributed by atoms with van der Waals surface area (Å²) in [6.07, 6.45) is -0.181. The molecular formula is C18H18N2O7. The Balaban J connectivity index is 2.05. The van der Waals surface area contributed by atoms with Gasteiger partial charge in [-0.2, -0.15) is 0 Å². The van der Waals surface area contributed by atoms with Crippen molar-refractivity contribution in [2.24, 2.45) is 5.41 Å². The summed E-state index contributed by atoms with van der Waals surface area (Å²) in [4.78, 5) is 63.3. The van der Waals surface area contributed by atoms with Crippen molar-refractivity contribution in [1.29, 1.82) is 0 Å². The van der Waals surface area contributed by atoms with Gasteiger partial charge >= 0.3 is 18.0 Å². The van der Waals surface area contributed by atoms with Crippen LogP contribution in [-0.2, 0) is 30.3 Å². The quantitative estimate of drug-likeness (QED) is 0.586.